The molecule has 0 saturated heterocycles. The van der Waals surface area contributed by atoms with Gasteiger partial charge in [0.1, 0.15) is 4.90 Å². The van der Waals surface area contributed by atoms with Crippen molar-refractivity contribution in [3.8, 4) is 0 Å². The zero-order valence-electron chi connectivity index (χ0n) is 11.5. The molecule has 0 aromatic carbocycles. The summed E-state index contributed by atoms with van der Waals surface area (Å²) < 4.78 is 28.5. The van der Waals surface area contributed by atoms with E-state index in [9.17, 15) is 13.5 Å². The van der Waals surface area contributed by atoms with Gasteiger partial charge in [-0.3, -0.25) is 0 Å². The molecule has 2 rings (SSSR count). The highest BCUT2D eigenvalue weighted by Crippen LogP contribution is 2.32. The molecule has 1 N–H and O–H groups in total. The van der Waals surface area contributed by atoms with Gasteiger partial charge in [-0.05, 0) is 25.3 Å². The van der Waals surface area contributed by atoms with E-state index in [4.69, 9.17) is 0 Å². The number of hydrogen-bond acceptors (Lipinski definition) is 3. The van der Waals surface area contributed by atoms with E-state index in [1.54, 1.807) is 16.6 Å². The minimum absolute atomic E-state index is 0.134. The highest BCUT2D eigenvalue weighted by Gasteiger charge is 2.37. The second-order valence-electron chi connectivity index (χ2n) is 4.96. The van der Waals surface area contributed by atoms with Gasteiger partial charge in [-0.15, -0.1) is 0 Å². The maximum Gasteiger partial charge on any atom is 0.244 e. The van der Waals surface area contributed by atoms with E-state index >= 15 is 0 Å². The van der Waals surface area contributed by atoms with Crippen LogP contribution in [-0.4, -0.2) is 35.0 Å². The van der Waals surface area contributed by atoms with E-state index in [1.165, 1.54) is 0 Å². The van der Waals surface area contributed by atoms with Crippen LogP contribution < -0.4 is 0 Å². The first-order valence-corrected chi connectivity index (χ1v) is 8.30. The van der Waals surface area contributed by atoms with Crippen molar-refractivity contribution >= 4 is 10.0 Å². The van der Waals surface area contributed by atoms with Crippen LogP contribution in [0.4, 0.5) is 0 Å². The molecular weight excluding hydrogens is 264 g/mol. The van der Waals surface area contributed by atoms with Crippen LogP contribution in [0, 0.1) is 0 Å². The molecule has 0 unspecified atom stereocenters. The standard InChI is InChI=1S/C13H22N2O3S/c1-3-7-14-9-13(8-12(14)10-16)19(17,18)15(4-2)11-5-6-11/h8-9,11,16H,3-7,10H2,1-2H3. The molecule has 0 spiro atoms. The fourth-order valence-corrected chi connectivity index (χ4v) is 4.13. The molecule has 1 aliphatic rings. The Hall–Kier alpha value is -0.850. The second-order valence-corrected chi connectivity index (χ2v) is 6.85. The molecule has 19 heavy (non-hydrogen) atoms. The third-order valence-electron chi connectivity index (χ3n) is 3.46. The van der Waals surface area contributed by atoms with Gasteiger partial charge in [-0.25, -0.2) is 8.42 Å². The average molecular weight is 286 g/mol. The quantitative estimate of drug-likeness (QED) is 0.827. The number of aryl methyl sites for hydroxylation is 1. The van der Waals surface area contributed by atoms with E-state index in [2.05, 4.69) is 0 Å². The molecule has 1 aliphatic carbocycles. The van der Waals surface area contributed by atoms with Crippen molar-refractivity contribution in [3.63, 3.8) is 0 Å². The summed E-state index contributed by atoms with van der Waals surface area (Å²) in [6.45, 7) is 4.98. The van der Waals surface area contributed by atoms with Gasteiger partial charge in [0.05, 0.1) is 6.61 Å². The predicted molar refractivity (Wildman–Crippen MR) is 73.2 cm³/mol. The molecule has 6 heteroatoms. The van der Waals surface area contributed by atoms with Crippen molar-refractivity contribution < 1.29 is 13.5 Å². The fraction of sp³-hybridized carbons (Fsp3) is 0.692. The first-order chi connectivity index (χ1) is 9.04. The Balaban J connectivity index is 2.34. The fourth-order valence-electron chi connectivity index (χ4n) is 2.37. The summed E-state index contributed by atoms with van der Waals surface area (Å²) in [5.41, 5.74) is 0.660. The van der Waals surface area contributed by atoms with E-state index in [0.717, 1.165) is 25.8 Å². The van der Waals surface area contributed by atoms with E-state index < -0.39 is 10.0 Å². The molecule has 5 nitrogen and oxygen atoms in total. The van der Waals surface area contributed by atoms with Crippen molar-refractivity contribution in [2.24, 2.45) is 0 Å². The van der Waals surface area contributed by atoms with Crippen LogP contribution >= 0.6 is 0 Å². The smallest absolute Gasteiger partial charge is 0.244 e. The molecule has 1 aromatic heterocycles. The molecule has 1 saturated carbocycles. The first kappa shape index (κ1) is 14.6. The van der Waals surface area contributed by atoms with Crippen LogP contribution in [0.15, 0.2) is 17.2 Å². The van der Waals surface area contributed by atoms with Crippen molar-refractivity contribution in [2.45, 2.75) is 57.2 Å². The molecule has 0 amide bonds. The maximum atomic E-state index is 12.6. The lowest BCUT2D eigenvalue weighted by molar-refractivity contribution is 0.270. The van der Waals surface area contributed by atoms with Gasteiger partial charge in [0, 0.05) is 31.0 Å². The van der Waals surface area contributed by atoms with Crippen LogP contribution in [0.1, 0.15) is 38.8 Å². The molecule has 0 radical (unpaired) electrons. The van der Waals surface area contributed by atoms with Gasteiger partial charge >= 0.3 is 0 Å². The van der Waals surface area contributed by atoms with Crippen LogP contribution in [0.5, 0.6) is 0 Å². The Bertz CT molecular complexity index is 532. The molecule has 1 fully saturated rings. The van der Waals surface area contributed by atoms with Crippen molar-refractivity contribution in [3.05, 3.63) is 18.0 Å². The molecule has 0 atom stereocenters. The molecule has 1 aromatic rings. The zero-order chi connectivity index (χ0) is 14.0. The van der Waals surface area contributed by atoms with Crippen molar-refractivity contribution in [1.29, 1.82) is 0 Å². The van der Waals surface area contributed by atoms with Crippen LogP contribution in [0.2, 0.25) is 0 Å². The maximum absolute atomic E-state index is 12.6. The van der Waals surface area contributed by atoms with E-state index in [1.807, 2.05) is 18.4 Å². The zero-order valence-corrected chi connectivity index (χ0v) is 12.4. The van der Waals surface area contributed by atoms with Crippen LogP contribution in [0.25, 0.3) is 0 Å². The average Bonchev–Trinajstić information content (AvgIpc) is 3.10. The predicted octanol–water partition coefficient (Wildman–Crippen LogP) is 1.56. The minimum Gasteiger partial charge on any atom is -0.390 e. The Morgan fingerprint density at radius 1 is 1.42 bits per heavy atom. The number of nitrogens with zero attached hydrogens (tertiary/aromatic N) is 2. The highest BCUT2D eigenvalue weighted by molar-refractivity contribution is 7.89. The molecule has 0 aliphatic heterocycles. The topological polar surface area (TPSA) is 62.5 Å². The summed E-state index contributed by atoms with van der Waals surface area (Å²) in [5, 5.41) is 9.31. The lowest BCUT2D eigenvalue weighted by Gasteiger charge is -2.18. The first-order valence-electron chi connectivity index (χ1n) is 6.86. The molecular formula is C13H22N2O3S. The molecule has 108 valence electrons. The number of aliphatic hydroxyl groups is 1. The van der Waals surface area contributed by atoms with Gasteiger partial charge in [0.15, 0.2) is 0 Å². The Morgan fingerprint density at radius 3 is 2.58 bits per heavy atom. The summed E-state index contributed by atoms with van der Waals surface area (Å²) in [6.07, 6.45) is 4.46. The Morgan fingerprint density at radius 2 is 2.11 bits per heavy atom. The highest BCUT2D eigenvalue weighted by atomic mass is 32.2. The summed E-state index contributed by atoms with van der Waals surface area (Å²) in [5.74, 6) is 0. The monoisotopic (exact) mass is 286 g/mol. The summed E-state index contributed by atoms with van der Waals surface area (Å²) in [4.78, 5) is 0.304. The lowest BCUT2D eigenvalue weighted by Crippen LogP contribution is -2.32. The van der Waals surface area contributed by atoms with E-state index in [-0.39, 0.29) is 12.6 Å². The molecule has 0 bridgehead atoms. The normalized spacial score (nSPS) is 16.2. The minimum atomic E-state index is -3.42. The van der Waals surface area contributed by atoms with Gasteiger partial charge < -0.3 is 9.67 Å². The summed E-state index contributed by atoms with van der Waals surface area (Å²) >= 11 is 0. The SMILES string of the molecule is CCCn1cc(S(=O)(=O)N(CC)C2CC2)cc1CO. The van der Waals surface area contributed by atoms with E-state index in [0.29, 0.717) is 17.1 Å². The number of rotatable bonds is 7. The van der Waals surface area contributed by atoms with Crippen molar-refractivity contribution in [2.75, 3.05) is 6.54 Å². The molecule has 1 heterocycles. The summed E-state index contributed by atoms with van der Waals surface area (Å²) in [7, 11) is -3.42. The Kier molecular flexibility index (Phi) is 4.32. The third-order valence-corrected chi connectivity index (χ3v) is 5.45. The Labute approximate surface area is 114 Å². The van der Waals surface area contributed by atoms with Crippen molar-refractivity contribution in [1.82, 2.24) is 8.87 Å². The number of aromatic nitrogens is 1. The van der Waals surface area contributed by atoms with Gasteiger partial charge in [0.25, 0.3) is 0 Å². The third kappa shape index (κ3) is 2.85. The van der Waals surface area contributed by atoms with Gasteiger partial charge in [-0.1, -0.05) is 13.8 Å². The second kappa shape index (κ2) is 5.64. The van der Waals surface area contributed by atoms with Gasteiger partial charge in [-0.2, -0.15) is 4.31 Å². The van der Waals surface area contributed by atoms with Crippen LogP contribution in [-0.2, 0) is 23.2 Å². The largest absolute Gasteiger partial charge is 0.390 e. The number of hydrogen-bond donors (Lipinski definition) is 1. The van der Waals surface area contributed by atoms with Gasteiger partial charge in [0.2, 0.25) is 10.0 Å². The number of sulfonamides is 1. The lowest BCUT2D eigenvalue weighted by atomic mass is 10.4. The van der Waals surface area contributed by atoms with Crippen LogP contribution in [0.3, 0.4) is 0 Å². The summed E-state index contributed by atoms with van der Waals surface area (Å²) in [6, 6.07) is 1.76. The number of aliphatic hydroxyl groups excluding tert-OH is 1.